The molecule has 1 aromatic heterocycles. The van der Waals surface area contributed by atoms with Crippen molar-refractivity contribution in [1.29, 1.82) is 0 Å². The SMILES string of the molecule is CN1CCNCC1.O=C(/C=C/c1cccs1)C1=C(O)C(=O)OC1. The monoisotopic (exact) mass is 336 g/mol. The van der Waals surface area contributed by atoms with Gasteiger partial charge in [0.2, 0.25) is 5.76 Å². The number of rotatable bonds is 3. The summed E-state index contributed by atoms with van der Waals surface area (Å²) in [6, 6.07) is 3.73. The van der Waals surface area contributed by atoms with E-state index in [-0.39, 0.29) is 12.2 Å². The van der Waals surface area contributed by atoms with Gasteiger partial charge in [0, 0.05) is 31.1 Å². The van der Waals surface area contributed by atoms with E-state index in [2.05, 4.69) is 22.0 Å². The molecule has 1 fully saturated rings. The average molecular weight is 336 g/mol. The molecule has 0 unspecified atom stereocenters. The number of thiophene rings is 1. The molecule has 0 atom stereocenters. The van der Waals surface area contributed by atoms with Crippen molar-refractivity contribution in [3.8, 4) is 0 Å². The zero-order valence-electron chi connectivity index (χ0n) is 12.9. The number of esters is 1. The molecular weight excluding hydrogens is 316 g/mol. The molecule has 0 aliphatic carbocycles. The highest BCUT2D eigenvalue weighted by molar-refractivity contribution is 7.10. The second-order valence-electron chi connectivity index (χ2n) is 5.17. The van der Waals surface area contributed by atoms with Crippen molar-refractivity contribution < 1.29 is 19.4 Å². The highest BCUT2D eigenvalue weighted by Gasteiger charge is 2.27. The van der Waals surface area contributed by atoms with E-state index in [0.29, 0.717) is 0 Å². The predicted molar refractivity (Wildman–Crippen MR) is 89.3 cm³/mol. The fourth-order valence-corrected chi connectivity index (χ4v) is 2.62. The third-order valence-corrected chi connectivity index (χ3v) is 4.24. The second kappa shape index (κ2) is 8.61. The van der Waals surface area contributed by atoms with Crippen LogP contribution in [0.3, 0.4) is 0 Å². The molecule has 1 saturated heterocycles. The molecule has 0 saturated carbocycles. The number of hydrogen-bond acceptors (Lipinski definition) is 7. The minimum Gasteiger partial charge on any atom is -0.501 e. The third-order valence-electron chi connectivity index (χ3n) is 3.41. The number of ketones is 1. The number of cyclic esters (lactones) is 1. The Morgan fingerprint density at radius 1 is 1.43 bits per heavy atom. The van der Waals surface area contributed by atoms with Crippen molar-refractivity contribution in [1.82, 2.24) is 10.2 Å². The zero-order chi connectivity index (χ0) is 16.7. The Labute approximate surface area is 139 Å². The van der Waals surface area contributed by atoms with E-state index in [1.54, 1.807) is 6.08 Å². The van der Waals surface area contributed by atoms with Crippen LogP contribution in [0.15, 0.2) is 34.9 Å². The second-order valence-corrected chi connectivity index (χ2v) is 6.15. The summed E-state index contributed by atoms with van der Waals surface area (Å²) >= 11 is 1.49. The van der Waals surface area contributed by atoms with Gasteiger partial charge in [-0.05, 0) is 30.6 Å². The quantitative estimate of drug-likeness (QED) is 0.638. The van der Waals surface area contributed by atoms with Crippen molar-refractivity contribution >= 4 is 29.2 Å². The first kappa shape index (κ1) is 17.4. The summed E-state index contributed by atoms with van der Waals surface area (Å²) in [5, 5.41) is 14.4. The van der Waals surface area contributed by atoms with Crippen molar-refractivity contribution in [2.75, 3.05) is 39.8 Å². The zero-order valence-corrected chi connectivity index (χ0v) is 13.8. The van der Waals surface area contributed by atoms with E-state index >= 15 is 0 Å². The largest absolute Gasteiger partial charge is 0.501 e. The number of hydrogen-bond donors (Lipinski definition) is 2. The first-order valence-electron chi connectivity index (χ1n) is 7.32. The number of carbonyl (C=O) groups is 2. The lowest BCUT2D eigenvalue weighted by atomic mass is 10.1. The summed E-state index contributed by atoms with van der Waals surface area (Å²) in [5.41, 5.74) is 0.0119. The summed E-state index contributed by atoms with van der Waals surface area (Å²) in [5.74, 6) is -1.83. The van der Waals surface area contributed by atoms with Crippen LogP contribution >= 0.6 is 11.3 Å². The molecular formula is C16H20N2O4S. The molecule has 0 spiro atoms. The first-order chi connectivity index (χ1) is 11.1. The van der Waals surface area contributed by atoms with Crippen LogP contribution in [0.5, 0.6) is 0 Å². The summed E-state index contributed by atoms with van der Waals surface area (Å²) in [6.45, 7) is 4.59. The van der Waals surface area contributed by atoms with Crippen LogP contribution in [-0.2, 0) is 14.3 Å². The topological polar surface area (TPSA) is 78.9 Å². The Balaban J connectivity index is 0.000000229. The normalized spacial score (nSPS) is 18.7. The summed E-state index contributed by atoms with van der Waals surface area (Å²) < 4.78 is 4.52. The Hall–Kier alpha value is -1.96. The highest BCUT2D eigenvalue weighted by Crippen LogP contribution is 2.16. The molecule has 0 radical (unpaired) electrons. The molecule has 2 N–H and O–H groups in total. The molecule has 23 heavy (non-hydrogen) atoms. The summed E-state index contributed by atoms with van der Waals surface area (Å²) in [4.78, 5) is 25.6. The number of carbonyl (C=O) groups excluding carboxylic acids is 2. The van der Waals surface area contributed by atoms with E-state index in [4.69, 9.17) is 0 Å². The maximum absolute atomic E-state index is 11.6. The number of nitrogens with one attached hydrogen (secondary N) is 1. The summed E-state index contributed by atoms with van der Waals surface area (Å²) in [7, 11) is 2.15. The lowest BCUT2D eigenvalue weighted by molar-refractivity contribution is -0.138. The van der Waals surface area contributed by atoms with Gasteiger partial charge in [0.05, 0.1) is 5.57 Å². The Bertz CT molecular complexity index is 602. The number of nitrogens with zero attached hydrogens (tertiary/aromatic N) is 1. The fraction of sp³-hybridized carbons (Fsp3) is 0.375. The van der Waals surface area contributed by atoms with E-state index < -0.39 is 17.5 Å². The number of aliphatic hydroxyl groups is 1. The van der Waals surface area contributed by atoms with Crippen LogP contribution in [-0.4, -0.2) is 61.6 Å². The number of aliphatic hydroxyl groups excluding tert-OH is 1. The van der Waals surface area contributed by atoms with Gasteiger partial charge in [0.15, 0.2) is 5.78 Å². The maximum Gasteiger partial charge on any atom is 0.374 e. The molecule has 3 heterocycles. The van der Waals surface area contributed by atoms with Gasteiger partial charge in [-0.1, -0.05) is 6.07 Å². The standard InChI is InChI=1S/C11H8O4S.C5H12N2/c12-9(4-3-7-2-1-5-16-7)8-6-15-11(14)10(8)13;1-7-4-2-6-3-5-7/h1-5,13H,6H2;6H,2-5H2,1H3/b4-3+;. The van der Waals surface area contributed by atoms with Crippen LogP contribution < -0.4 is 5.32 Å². The Kier molecular flexibility index (Phi) is 6.52. The molecule has 124 valence electrons. The molecule has 2 aliphatic rings. The molecule has 0 amide bonds. The van der Waals surface area contributed by atoms with Gasteiger partial charge >= 0.3 is 5.97 Å². The van der Waals surface area contributed by atoms with Gasteiger partial charge in [-0.25, -0.2) is 4.79 Å². The van der Waals surface area contributed by atoms with Crippen molar-refractivity contribution in [3.63, 3.8) is 0 Å². The minimum atomic E-state index is -0.840. The van der Waals surface area contributed by atoms with Crippen LogP contribution in [0.25, 0.3) is 6.08 Å². The van der Waals surface area contributed by atoms with Gasteiger partial charge in [-0.15, -0.1) is 11.3 Å². The Morgan fingerprint density at radius 2 is 2.17 bits per heavy atom. The van der Waals surface area contributed by atoms with Crippen LogP contribution in [0, 0.1) is 0 Å². The van der Waals surface area contributed by atoms with E-state index in [1.165, 1.54) is 30.5 Å². The predicted octanol–water partition coefficient (Wildman–Crippen LogP) is 1.22. The number of likely N-dealkylation sites (N-methyl/N-ethyl adjacent to an activating group) is 1. The third kappa shape index (κ3) is 5.31. The molecule has 0 aromatic carbocycles. The van der Waals surface area contributed by atoms with Gasteiger partial charge in [0.25, 0.3) is 0 Å². The van der Waals surface area contributed by atoms with Crippen LogP contribution in [0.2, 0.25) is 0 Å². The highest BCUT2D eigenvalue weighted by atomic mass is 32.1. The van der Waals surface area contributed by atoms with Crippen LogP contribution in [0.1, 0.15) is 4.88 Å². The van der Waals surface area contributed by atoms with Crippen molar-refractivity contribution in [3.05, 3.63) is 39.8 Å². The smallest absolute Gasteiger partial charge is 0.374 e. The summed E-state index contributed by atoms with van der Waals surface area (Å²) in [6.07, 6.45) is 2.95. The van der Waals surface area contributed by atoms with E-state index in [1.807, 2.05) is 17.5 Å². The van der Waals surface area contributed by atoms with Crippen molar-refractivity contribution in [2.45, 2.75) is 0 Å². The first-order valence-corrected chi connectivity index (χ1v) is 8.20. The van der Waals surface area contributed by atoms with Gasteiger partial charge < -0.3 is 20.1 Å². The average Bonchev–Trinajstić information content (AvgIpc) is 3.18. The van der Waals surface area contributed by atoms with Crippen LogP contribution in [0.4, 0.5) is 0 Å². The van der Waals surface area contributed by atoms with Gasteiger partial charge in [0.1, 0.15) is 6.61 Å². The molecule has 7 heteroatoms. The molecule has 0 bridgehead atoms. The van der Waals surface area contributed by atoms with Crippen molar-refractivity contribution in [2.24, 2.45) is 0 Å². The maximum atomic E-state index is 11.6. The lowest BCUT2D eigenvalue weighted by Gasteiger charge is -2.21. The van der Waals surface area contributed by atoms with E-state index in [0.717, 1.165) is 18.0 Å². The molecule has 6 nitrogen and oxygen atoms in total. The van der Waals surface area contributed by atoms with Gasteiger partial charge in [-0.2, -0.15) is 0 Å². The Morgan fingerprint density at radius 3 is 2.65 bits per heavy atom. The fourth-order valence-electron chi connectivity index (χ4n) is 2.01. The number of ether oxygens (including phenoxy) is 1. The number of piperazine rings is 1. The molecule has 3 rings (SSSR count). The molecule has 1 aromatic rings. The minimum absolute atomic E-state index is 0.0119. The van der Waals surface area contributed by atoms with Gasteiger partial charge in [-0.3, -0.25) is 4.79 Å². The van der Waals surface area contributed by atoms with E-state index in [9.17, 15) is 14.7 Å². The molecule has 2 aliphatic heterocycles. The number of allylic oxidation sites excluding steroid dienone is 1. The lowest BCUT2D eigenvalue weighted by Crippen LogP contribution is -2.40.